The SMILES string of the molecule is CCCN1CCC(O)(Cc2ccc(CC)s2)CC1. The van der Waals surface area contributed by atoms with E-state index in [1.807, 2.05) is 11.3 Å². The largest absolute Gasteiger partial charge is 0.389 e. The van der Waals surface area contributed by atoms with Crippen molar-refractivity contribution < 1.29 is 5.11 Å². The van der Waals surface area contributed by atoms with Crippen LogP contribution in [-0.2, 0) is 12.8 Å². The lowest BCUT2D eigenvalue weighted by molar-refractivity contribution is -0.0199. The summed E-state index contributed by atoms with van der Waals surface area (Å²) in [6, 6.07) is 4.40. The van der Waals surface area contributed by atoms with E-state index in [1.54, 1.807) is 0 Å². The predicted octanol–water partition coefficient (Wildman–Crippen LogP) is 3.09. The summed E-state index contributed by atoms with van der Waals surface area (Å²) in [5, 5.41) is 10.7. The standard InChI is InChI=1S/C15H25NOS/c1-3-9-16-10-7-15(17,8-11-16)12-14-6-5-13(4-2)18-14/h5-6,17H,3-4,7-12H2,1-2H3. The van der Waals surface area contributed by atoms with Crippen LogP contribution in [-0.4, -0.2) is 35.2 Å². The monoisotopic (exact) mass is 267 g/mol. The smallest absolute Gasteiger partial charge is 0.0720 e. The van der Waals surface area contributed by atoms with Crippen LogP contribution in [0.4, 0.5) is 0 Å². The minimum absolute atomic E-state index is 0.458. The summed E-state index contributed by atoms with van der Waals surface area (Å²) in [6.07, 6.45) is 5.01. The third-order valence-electron chi connectivity index (χ3n) is 3.90. The third-order valence-corrected chi connectivity index (χ3v) is 5.13. The highest BCUT2D eigenvalue weighted by atomic mass is 32.1. The predicted molar refractivity (Wildman–Crippen MR) is 78.3 cm³/mol. The highest BCUT2D eigenvalue weighted by Gasteiger charge is 2.32. The highest BCUT2D eigenvalue weighted by molar-refractivity contribution is 7.12. The summed E-state index contributed by atoms with van der Waals surface area (Å²) in [5.41, 5.74) is -0.458. The fraction of sp³-hybridized carbons (Fsp3) is 0.733. The Morgan fingerprint density at radius 1 is 1.22 bits per heavy atom. The lowest BCUT2D eigenvalue weighted by Crippen LogP contribution is -2.45. The molecule has 0 aliphatic carbocycles. The van der Waals surface area contributed by atoms with Gasteiger partial charge in [0.05, 0.1) is 5.60 Å². The first-order valence-corrected chi connectivity index (χ1v) is 7.99. The molecule has 1 aromatic heterocycles. The summed E-state index contributed by atoms with van der Waals surface area (Å²) < 4.78 is 0. The molecule has 1 saturated heterocycles. The van der Waals surface area contributed by atoms with Crippen molar-refractivity contribution in [2.75, 3.05) is 19.6 Å². The van der Waals surface area contributed by atoms with Crippen LogP contribution in [0.15, 0.2) is 12.1 Å². The van der Waals surface area contributed by atoms with Crippen LogP contribution in [0.3, 0.4) is 0 Å². The Labute approximate surface area is 115 Å². The normalized spacial score (nSPS) is 20.2. The molecular weight excluding hydrogens is 242 g/mol. The van der Waals surface area contributed by atoms with Crippen LogP contribution >= 0.6 is 11.3 Å². The summed E-state index contributed by atoms with van der Waals surface area (Å²) in [6.45, 7) is 7.69. The minimum atomic E-state index is -0.458. The number of hydrogen-bond donors (Lipinski definition) is 1. The van der Waals surface area contributed by atoms with Crippen molar-refractivity contribution >= 4 is 11.3 Å². The molecule has 1 fully saturated rings. The number of nitrogens with zero attached hydrogens (tertiary/aromatic N) is 1. The fourth-order valence-corrected chi connectivity index (χ4v) is 3.81. The second-order valence-electron chi connectivity index (χ2n) is 5.46. The van der Waals surface area contributed by atoms with E-state index in [2.05, 4.69) is 30.9 Å². The molecule has 3 heteroatoms. The van der Waals surface area contributed by atoms with E-state index in [4.69, 9.17) is 0 Å². The molecule has 1 aromatic rings. The Bertz CT molecular complexity index is 366. The van der Waals surface area contributed by atoms with Gasteiger partial charge in [-0.2, -0.15) is 0 Å². The van der Waals surface area contributed by atoms with Crippen molar-refractivity contribution in [2.24, 2.45) is 0 Å². The lowest BCUT2D eigenvalue weighted by Gasteiger charge is -2.38. The molecule has 2 nitrogen and oxygen atoms in total. The molecule has 0 bridgehead atoms. The van der Waals surface area contributed by atoms with E-state index >= 15 is 0 Å². The van der Waals surface area contributed by atoms with Gasteiger partial charge in [0.1, 0.15) is 0 Å². The molecule has 0 amide bonds. The van der Waals surface area contributed by atoms with Gasteiger partial charge in [-0.3, -0.25) is 0 Å². The number of likely N-dealkylation sites (tertiary alicyclic amines) is 1. The number of aryl methyl sites for hydroxylation is 1. The van der Waals surface area contributed by atoms with Crippen molar-refractivity contribution in [3.8, 4) is 0 Å². The molecule has 1 N–H and O–H groups in total. The maximum absolute atomic E-state index is 10.7. The average molecular weight is 267 g/mol. The Balaban J connectivity index is 1.89. The van der Waals surface area contributed by atoms with Crippen molar-refractivity contribution in [2.45, 2.75) is 51.6 Å². The maximum Gasteiger partial charge on any atom is 0.0720 e. The van der Waals surface area contributed by atoms with E-state index in [9.17, 15) is 5.11 Å². The molecule has 0 saturated carbocycles. The van der Waals surface area contributed by atoms with Gasteiger partial charge in [-0.05, 0) is 44.4 Å². The van der Waals surface area contributed by atoms with Crippen molar-refractivity contribution in [1.29, 1.82) is 0 Å². The van der Waals surface area contributed by atoms with Crippen LogP contribution in [0, 0.1) is 0 Å². The number of thiophene rings is 1. The molecule has 102 valence electrons. The van der Waals surface area contributed by atoms with Gasteiger partial charge in [-0.15, -0.1) is 11.3 Å². The topological polar surface area (TPSA) is 23.5 Å². The van der Waals surface area contributed by atoms with Crippen molar-refractivity contribution in [1.82, 2.24) is 4.90 Å². The molecule has 2 rings (SSSR count). The van der Waals surface area contributed by atoms with Crippen LogP contribution in [0.25, 0.3) is 0 Å². The van der Waals surface area contributed by atoms with Gasteiger partial charge in [-0.25, -0.2) is 0 Å². The molecule has 0 atom stereocenters. The summed E-state index contributed by atoms with van der Waals surface area (Å²) in [4.78, 5) is 5.25. The zero-order chi connectivity index (χ0) is 13.0. The zero-order valence-corrected chi connectivity index (χ0v) is 12.4. The molecule has 1 aliphatic heterocycles. The van der Waals surface area contributed by atoms with E-state index < -0.39 is 5.60 Å². The van der Waals surface area contributed by atoms with Gasteiger partial charge in [-0.1, -0.05) is 13.8 Å². The Hall–Kier alpha value is -0.380. The molecule has 0 unspecified atom stereocenters. The first-order chi connectivity index (χ1) is 8.65. The van der Waals surface area contributed by atoms with E-state index in [0.29, 0.717) is 0 Å². The van der Waals surface area contributed by atoms with Crippen LogP contribution in [0.5, 0.6) is 0 Å². The average Bonchev–Trinajstić information content (AvgIpc) is 2.80. The molecule has 18 heavy (non-hydrogen) atoms. The van der Waals surface area contributed by atoms with Gasteiger partial charge in [0.15, 0.2) is 0 Å². The van der Waals surface area contributed by atoms with Gasteiger partial charge in [0, 0.05) is 29.3 Å². The Morgan fingerprint density at radius 2 is 1.89 bits per heavy atom. The van der Waals surface area contributed by atoms with E-state index in [1.165, 1.54) is 22.7 Å². The van der Waals surface area contributed by atoms with Gasteiger partial charge >= 0.3 is 0 Å². The summed E-state index contributed by atoms with van der Waals surface area (Å²) in [7, 11) is 0. The second-order valence-corrected chi connectivity index (χ2v) is 6.72. The quantitative estimate of drug-likeness (QED) is 0.886. The first-order valence-electron chi connectivity index (χ1n) is 7.17. The number of rotatable bonds is 5. The molecular formula is C15H25NOS. The van der Waals surface area contributed by atoms with Crippen LogP contribution in [0.2, 0.25) is 0 Å². The maximum atomic E-state index is 10.7. The Kier molecular flexibility index (Phi) is 4.82. The number of hydrogen-bond acceptors (Lipinski definition) is 3. The van der Waals surface area contributed by atoms with E-state index in [0.717, 1.165) is 38.8 Å². The first kappa shape index (κ1) is 14.0. The fourth-order valence-electron chi connectivity index (χ4n) is 2.72. The van der Waals surface area contributed by atoms with Crippen molar-refractivity contribution in [3.63, 3.8) is 0 Å². The van der Waals surface area contributed by atoms with Crippen LogP contribution in [0.1, 0.15) is 42.9 Å². The lowest BCUT2D eigenvalue weighted by atomic mass is 9.87. The third kappa shape index (κ3) is 3.56. The number of aliphatic hydroxyl groups is 1. The Morgan fingerprint density at radius 3 is 2.44 bits per heavy atom. The molecule has 1 aliphatic rings. The molecule has 2 heterocycles. The van der Waals surface area contributed by atoms with Crippen LogP contribution < -0.4 is 0 Å². The molecule has 0 spiro atoms. The minimum Gasteiger partial charge on any atom is -0.389 e. The van der Waals surface area contributed by atoms with Gasteiger partial charge in [0.2, 0.25) is 0 Å². The molecule has 0 aromatic carbocycles. The van der Waals surface area contributed by atoms with Gasteiger partial charge in [0.25, 0.3) is 0 Å². The van der Waals surface area contributed by atoms with Crippen molar-refractivity contribution in [3.05, 3.63) is 21.9 Å². The molecule has 0 radical (unpaired) electrons. The van der Waals surface area contributed by atoms with Gasteiger partial charge < -0.3 is 10.0 Å². The summed E-state index contributed by atoms with van der Waals surface area (Å²) in [5.74, 6) is 0. The van der Waals surface area contributed by atoms with E-state index in [-0.39, 0.29) is 0 Å². The second kappa shape index (κ2) is 6.18. The number of piperidine rings is 1. The zero-order valence-electron chi connectivity index (χ0n) is 11.6. The highest BCUT2D eigenvalue weighted by Crippen LogP contribution is 2.29. The summed E-state index contributed by atoms with van der Waals surface area (Å²) >= 11 is 1.86.